The second-order valence-electron chi connectivity index (χ2n) is 5.39. The van der Waals surface area contributed by atoms with Crippen LogP contribution < -0.4 is 9.47 Å². The van der Waals surface area contributed by atoms with E-state index in [2.05, 4.69) is 15.9 Å². The molecule has 1 atom stereocenters. The molecule has 122 valence electrons. The maximum Gasteiger partial charge on any atom is 0.326 e. The van der Waals surface area contributed by atoms with Crippen molar-refractivity contribution in [3.8, 4) is 11.5 Å². The summed E-state index contributed by atoms with van der Waals surface area (Å²) in [5, 5.41) is 9.13. The molecule has 1 fully saturated rings. The molecule has 2 aliphatic heterocycles. The maximum atomic E-state index is 12.2. The van der Waals surface area contributed by atoms with Crippen LogP contribution >= 0.6 is 15.9 Å². The topological polar surface area (TPSA) is 76.1 Å². The van der Waals surface area contributed by atoms with E-state index in [0.717, 1.165) is 10.0 Å². The van der Waals surface area contributed by atoms with Crippen LogP contribution in [0.25, 0.3) is 6.08 Å². The Bertz CT molecular complexity index is 673. The lowest BCUT2D eigenvalue weighted by Gasteiger charge is -2.20. The van der Waals surface area contributed by atoms with Crippen LogP contribution in [0.5, 0.6) is 11.5 Å². The highest BCUT2D eigenvalue weighted by atomic mass is 79.9. The lowest BCUT2D eigenvalue weighted by Crippen LogP contribution is -2.39. The lowest BCUT2D eigenvalue weighted by atomic mass is 10.1. The summed E-state index contributed by atoms with van der Waals surface area (Å²) in [5.41, 5.74) is 0.778. The number of likely N-dealkylation sites (tertiary alicyclic amines) is 1. The minimum Gasteiger partial charge on any atom is -0.486 e. The Balaban J connectivity index is 1.76. The largest absolute Gasteiger partial charge is 0.486 e. The molecule has 0 saturated carbocycles. The van der Waals surface area contributed by atoms with Crippen molar-refractivity contribution < 1.29 is 24.2 Å². The molecule has 3 rings (SSSR count). The first-order valence-corrected chi connectivity index (χ1v) is 8.16. The van der Waals surface area contributed by atoms with Gasteiger partial charge in [-0.3, -0.25) is 4.79 Å². The molecule has 2 aliphatic rings. The van der Waals surface area contributed by atoms with Crippen LogP contribution in [0, 0.1) is 0 Å². The first-order chi connectivity index (χ1) is 11.1. The van der Waals surface area contributed by atoms with Crippen LogP contribution in [0.3, 0.4) is 0 Å². The number of halogens is 1. The number of nitrogens with zero attached hydrogens (tertiary/aromatic N) is 1. The number of hydrogen-bond donors (Lipinski definition) is 1. The molecule has 1 N–H and O–H groups in total. The summed E-state index contributed by atoms with van der Waals surface area (Å²) in [4.78, 5) is 24.8. The second-order valence-corrected chi connectivity index (χ2v) is 6.24. The SMILES string of the molecule is O=C(O)C1CCCN1C(=O)/C=C/c1cc(Br)c2c(c1)OCCO2. The molecule has 2 heterocycles. The first-order valence-electron chi connectivity index (χ1n) is 7.37. The highest BCUT2D eigenvalue weighted by Crippen LogP contribution is 2.38. The Morgan fingerprint density at radius 2 is 2.09 bits per heavy atom. The summed E-state index contributed by atoms with van der Waals surface area (Å²) in [6, 6.07) is 2.90. The quantitative estimate of drug-likeness (QED) is 0.812. The van der Waals surface area contributed by atoms with Gasteiger partial charge in [0.1, 0.15) is 19.3 Å². The number of carboxylic acids is 1. The van der Waals surface area contributed by atoms with Crippen molar-refractivity contribution in [3.05, 3.63) is 28.2 Å². The van der Waals surface area contributed by atoms with E-state index in [9.17, 15) is 9.59 Å². The monoisotopic (exact) mass is 381 g/mol. The maximum absolute atomic E-state index is 12.2. The molecule has 7 heteroatoms. The van der Waals surface area contributed by atoms with E-state index < -0.39 is 12.0 Å². The smallest absolute Gasteiger partial charge is 0.326 e. The summed E-state index contributed by atoms with van der Waals surface area (Å²) in [7, 11) is 0. The Morgan fingerprint density at radius 1 is 1.30 bits per heavy atom. The molecule has 0 aliphatic carbocycles. The molecule has 0 spiro atoms. The standard InChI is InChI=1S/C16H16BrNO5/c17-11-8-10(9-13-15(11)23-7-6-22-13)3-4-14(19)18-5-1-2-12(18)16(20)21/h3-4,8-9,12H,1-2,5-7H2,(H,20,21)/b4-3+. The van der Waals surface area contributed by atoms with E-state index in [1.54, 1.807) is 12.1 Å². The van der Waals surface area contributed by atoms with Gasteiger partial charge in [0.05, 0.1) is 4.47 Å². The zero-order chi connectivity index (χ0) is 16.4. The molecule has 1 saturated heterocycles. The van der Waals surface area contributed by atoms with Crippen molar-refractivity contribution in [2.24, 2.45) is 0 Å². The van der Waals surface area contributed by atoms with Gasteiger partial charge >= 0.3 is 5.97 Å². The predicted molar refractivity (Wildman–Crippen MR) is 86.5 cm³/mol. The van der Waals surface area contributed by atoms with Crippen LogP contribution in [-0.4, -0.2) is 47.7 Å². The van der Waals surface area contributed by atoms with Gasteiger partial charge in [0.2, 0.25) is 5.91 Å². The van der Waals surface area contributed by atoms with Crippen LogP contribution in [-0.2, 0) is 9.59 Å². The molecule has 23 heavy (non-hydrogen) atoms. The fraction of sp³-hybridized carbons (Fsp3) is 0.375. The molecule has 1 aromatic rings. The van der Waals surface area contributed by atoms with Gasteiger partial charge in [0, 0.05) is 12.6 Å². The molecule has 1 amide bonds. The average Bonchev–Trinajstić information content (AvgIpc) is 3.02. The zero-order valence-corrected chi connectivity index (χ0v) is 13.9. The fourth-order valence-corrected chi connectivity index (χ4v) is 3.35. The summed E-state index contributed by atoms with van der Waals surface area (Å²) < 4.78 is 11.8. The summed E-state index contributed by atoms with van der Waals surface area (Å²) in [5.74, 6) is 0.0414. The number of aliphatic carboxylic acids is 1. The summed E-state index contributed by atoms with van der Waals surface area (Å²) >= 11 is 3.42. The highest BCUT2D eigenvalue weighted by Gasteiger charge is 2.32. The third-order valence-corrected chi connectivity index (χ3v) is 4.45. The Morgan fingerprint density at radius 3 is 2.87 bits per heavy atom. The number of carbonyl (C=O) groups excluding carboxylic acids is 1. The molecule has 0 bridgehead atoms. The van der Waals surface area contributed by atoms with Crippen molar-refractivity contribution in [2.75, 3.05) is 19.8 Å². The molecule has 6 nitrogen and oxygen atoms in total. The van der Waals surface area contributed by atoms with Crippen molar-refractivity contribution >= 4 is 33.9 Å². The summed E-state index contributed by atoms with van der Waals surface area (Å²) in [6.45, 7) is 1.47. The van der Waals surface area contributed by atoms with E-state index >= 15 is 0 Å². The first kappa shape index (κ1) is 15.9. The number of rotatable bonds is 3. The van der Waals surface area contributed by atoms with Gasteiger partial charge < -0.3 is 19.5 Å². The Kier molecular flexibility index (Phi) is 4.56. The second kappa shape index (κ2) is 6.62. The Labute approximate surface area is 141 Å². The molecule has 1 unspecified atom stereocenters. The lowest BCUT2D eigenvalue weighted by molar-refractivity contribution is -0.146. The van der Waals surface area contributed by atoms with Crippen molar-refractivity contribution in [2.45, 2.75) is 18.9 Å². The van der Waals surface area contributed by atoms with E-state index in [0.29, 0.717) is 44.1 Å². The number of ether oxygens (including phenoxy) is 2. The number of hydrogen-bond acceptors (Lipinski definition) is 4. The van der Waals surface area contributed by atoms with Crippen LogP contribution in [0.2, 0.25) is 0 Å². The molecular formula is C16H16BrNO5. The van der Waals surface area contributed by atoms with Gasteiger partial charge in [0.25, 0.3) is 0 Å². The predicted octanol–water partition coefficient (Wildman–Crippen LogP) is 2.31. The normalized spacial score (nSPS) is 20.0. The number of carbonyl (C=O) groups is 2. The van der Waals surface area contributed by atoms with E-state index in [1.807, 2.05) is 6.07 Å². The Hall–Kier alpha value is -2.02. The molecule has 0 aromatic heterocycles. The zero-order valence-electron chi connectivity index (χ0n) is 12.3. The van der Waals surface area contributed by atoms with Gasteiger partial charge in [-0.25, -0.2) is 4.79 Å². The molecule has 0 radical (unpaired) electrons. The number of fused-ring (bicyclic) bond motifs is 1. The van der Waals surface area contributed by atoms with E-state index in [1.165, 1.54) is 11.0 Å². The molecular weight excluding hydrogens is 366 g/mol. The van der Waals surface area contributed by atoms with Crippen LogP contribution in [0.1, 0.15) is 18.4 Å². The third kappa shape index (κ3) is 3.34. The summed E-state index contributed by atoms with van der Waals surface area (Å²) in [6.07, 6.45) is 4.28. The van der Waals surface area contributed by atoms with Gasteiger partial charge in [0.15, 0.2) is 11.5 Å². The van der Waals surface area contributed by atoms with Crippen LogP contribution in [0.15, 0.2) is 22.7 Å². The average molecular weight is 382 g/mol. The highest BCUT2D eigenvalue weighted by molar-refractivity contribution is 9.10. The van der Waals surface area contributed by atoms with Crippen molar-refractivity contribution in [3.63, 3.8) is 0 Å². The van der Waals surface area contributed by atoms with Crippen molar-refractivity contribution in [1.29, 1.82) is 0 Å². The minimum absolute atomic E-state index is 0.291. The number of benzene rings is 1. The van der Waals surface area contributed by atoms with Crippen LogP contribution in [0.4, 0.5) is 0 Å². The van der Waals surface area contributed by atoms with E-state index in [-0.39, 0.29) is 5.91 Å². The number of amides is 1. The molecule has 1 aromatic carbocycles. The van der Waals surface area contributed by atoms with Gasteiger partial charge in [-0.15, -0.1) is 0 Å². The third-order valence-electron chi connectivity index (χ3n) is 3.86. The van der Waals surface area contributed by atoms with Gasteiger partial charge in [-0.2, -0.15) is 0 Å². The fourth-order valence-electron chi connectivity index (χ4n) is 2.78. The van der Waals surface area contributed by atoms with Gasteiger partial charge in [-0.1, -0.05) is 0 Å². The van der Waals surface area contributed by atoms with Gasteiger partial charge in [-0.05, 0) is 52.5 Å². The van der Waals surface area contributed by atoms with E-state index in [4.69, 9.17) is 14.6 Å². The minimum atomic E-state index is -0.952. The number of carboxylic acid groups (broad SMARTS) is 1. The van der Waals surface area contributed by atoms with Crippen molar-refractivity contribution in [1.82, 2.24) is 4.90 Å².